The molecule has 0 spiro atoms. The average Bonchev–Trinajstić information content (AvgIpc) is 2.45. The predicted molar refractivity (Wildman–Crippen MR) is 88.9 cm³/mol. The summed E-state index contributed by atoms with van der Waals surface area (Å²) >= 11 is 9.66. The topological polar surface area (TPSA) is 21.3 Å². The fourth-order valence-electron chi connectivity index (χ4n) is 1.78. The van der Waals surface area contributed by atoms with E-state index in [2.05, 4.69) is 21.2 Å². The molecular weight excluding hydrogens is 338 g/mol. The summed E-state index contributed by atoms with van der Waals surface area (Å²) < 4.78 is 6.67. The largest absolute Gasteiger partial charge is 0.494 e. The molecule has 0 saturated heterocycles. The van der Waals surface area contributed by atoms with Gasteiger partial charge in [-0.3, -0.25) is 0 Å². The molecule has 0 unspecified atom stereocenters. The van der Waals surface area contributed by atoms with Gasteiger partial charge >= 0.3 is 0 Å². The Morgan fingerprint density at radius 1 is 1.20 bits per heavy atom. The SMILES string of the molecule is Cc1cc(Br)c(NCCCOc2ccccc2)cc1Cl. The van der Waals surface area contributed by atoms with Gasteiger partial charge in [0.2, 0.25) is 0 Å². The summed E-state index contributed by atoms with van der Waals surface area (Å²) in [6.45, 7) is 3.52. The van der Waals surface area contributed by atoms with Crippen molar-refractivity contribution in [1.29, 1.82) is 0 Å². The highest BCUT2D eigenvalue weighted by Gasteiger charge is 2.03. The summed E-state index contributed by atoms with van der Waals surface area (Å²) in [6.07, 6.45) is 0.923. The molecule has 0 saturated carbocycles. The smallest absolute Gasteiger partial charge is 0.119 e. The maximum absolute atomic E-state index is 6.12. The molecule has 20 heavy (non-hydrogen) atoms. The molecular formula is C16H17BrClNO. The molecule has 0 bridgehead atoms. The van der Waals surface area contributed by atoms with E-state index in [1.807, 2.05) is 49.4 Å². The van der Waals surface area contributed by atoms with Gasteiger partial charge in [0.15, 0.2) is 0 Å². The molecule has 106 valence electrons. The molecule has 2 aromatic carbocycles. The van der Waals surface area contributed by atoms with Gasteiger partial charge in [0.05, 0.1) is 6.61 Å². The van der Waals surface area contributed by atoms with E-state index in [9.17, 15) is 0 Å². The maximum atomic E-state index is 6.12. The molecule has 0 radical (unpaired) electrons. The first kappa shape index (κ1) is 15.2. The van der Waals surface area contributed by atoms with E-state index >= 15 is 0 Å². The van der Waals surface area contributed by atoms with Crippen molar-refractivity contribution in [2.45, 2.75) is 13.3 Å². The number of ether oxygens (including phenoxy) is 1. The van der Waals surface area contributed by atoms with Crippen LogP contribution in [-0.2, 0) is 0 Å². The van der Waals surface area contributed by atoms with Crippen LogP contribution in [0.1, 0.15) is 12.0 Å². The first-order valence-corrected chi connectivity index (χ1v) is 7.71. The number of para-hydroxylation sites is 1. The summed E-state index contributed by atoms with van der Waals surface area (Å²) in [5.41, 5.74) is 2.08. The van der Waals surface area contributed by atoms with Gasteiger partial charge in [-0.1, -0.05) is 29.8 Å². The van der Waals surface area contributed by atoms with Crippen LogP contribution in [0, 0.1) is 6.92 Å². The van der Waals surface area contributed by atoms with E-state index in [-0.39, 0.29) is 0 Å². The van der Waals surface area contributed by atoms with Crippen molar-refractivity contribution >= 4 is 33.2 Å². The monoisotopic (exact) mass is 353 g/mol. The van der Waals surface area contributed by atoms with Crippen LogP contribution in [0.5, 0.6) is 5.75 Å². The van der Waals surface area contributed by atoms with Crippen LogP contribution in [0.3, 0.4) is 0 Å². The predicted octanol–water partition coefficient (Wildman–Crippen LogP) is 5.29. The molecule has 0 aliphatic rings. The van der Waals surface area contributed by atoms with Gasteiger partial charge < -0.3 is 10.1 Å². The quantitative estimate of drug-likeness (QED) is 0.711. The lowest BCUT2D eigenvalue weighted by Crippen LogP contribution is -2.07. The Hall–Kier alpha value is -1.19. The molecule has 2 nitrogen and oxygen atoms in total. The average molecular weight is 355 g/mol. The van der Waals surface area contributed by atoms with Crippen molar-refractivity contribution in [3.8, 4) is 5.75 Å². The van der Waals surface area contributed by atoms with E-state index in [4.69, 9.17) is 16.3 Å². The van der Waals surface area contributed by atoms with Crippen LogP contribution in [0.4, 0.5) is 5.69 Å². The Bertz CT molecular complexity index is 560. The zero-order valence-electron chi connectivity index (χ0n) is 11.3. The fourth-order valence-corrected chi connectivity index (χ4v) is 2.55. The molecule has 2 rings (SSSR count). The van der Waals surface area contributed by atoms with Crippen molar-refractivity contribution in [2.24, 2.45) is 0 Å². The first-order valence-electron chi connectivity index (χ1n) is 6.54. The highest BCUT2D eigenvalue weighted by Crippen LogP contribution is 2.29. The first-order chi connectivity index (χ1) is 9.66. The lowest BCUT2D eigenvalue weighted by Gasteiger charge is -2.11. The van der Waals surface area contributed by atoms with Crippen LogP contribution in [-0.4, -0.2) is 13.2 Å². The zero-order chi connectivity index (χ0) is 14.4. The molecule has 0 atom stereocenters. The van der Waals surface area contributed by atoms with Crippen molar-refractivity contribution in [2.75, 3.05) is 18.5 Å². The molecule has 0 fully saturated rings. The molecule has 0 heterocycles. The standard InChI is InChI=1S/C16H17BrClNO/c1-12-10-14(17)16(11-15(12)18)19-8-5-9-20-13-6-3-2-4-7-13/h2-4,6-7,10-11,19H,5,8-9H2,1H3. The third-order valence-electron chi connectivity index (χ3n) is 2.90. The van der Waals surface area contributed by atoms with Gasteiger partial charge in [0.25, 0.3) is 0 Å². The summed E-state index contributed by atoms with van der Waals surface area (Å²) in [7, 11) is 0. The highest BCUT2D eigenvalue weighted by atomic mass is 79.9. The Morgan fingerprint density at radius 2 is 1.95 bits per heavy atom. The third-order valence-corrected chi connectivity index (χ3v) is 3.96. The van der Waals surface area contributed by atoms with Crippen LogP contribution in [0.15, 0.2) is 46.9 Å². The molecule has 0 aliphatic carbocycles. The molecule has 0 aromatic heterocycles. The van der Waals surface area contributed by atoms with Gasteiger partial charge in [0, 0.05) is 21.7 Å². The Morgan fingerprint density at radius 3 is 2.70 bits per heavy atom. The lowest BCUT2D eigenvalue weighted by molar-refractivity contribution is 0.315. The number of rotatable bonds is 6. The van der Waals surface area contributed by atoms with Gasteiger partial charge in [0.1, 0.15) is 5.75 Å². The molecule has 4 heteroatoms. The number of anilines is 1. The summed E-state index contributed by atoms with van der Waals surface area (Å²) in [5, 5.41) is 4.13. The molecule has 0 amide bonds. The van der Waals surface area contributed by atoms with E-state index in [0.717, 1.165) is 39.5 Å². The Labute approximate surface area is 133 Å². The minimum Gasteiger partial charge on any atom is -0.494 e. The maximum Gasteiger partial charge on any atom is 0.119 e. The van der Waals surface area contributed by atoms with E-state index in [0.29, 0.717) is 6.61 Å². The number of hydrogen-bond acceptors (Lipinski definition) is 2. The number of nitrogens with one attached hydrogen (secondary N) is 1. The minimum absolute atomic E-state index is 0.689. The normalized spacial score (nSPS) is 10.3. The van der Waals surface area contributed by atoms with Gasteiger partial charge in [-0.2, -0.15) is 0 Å². The van der Waals surface area contributed by atoms with Crippen LogP contribution in [0.2, 0.25) is 5.02 Å². The van der Waals surface area contributed by atoms with Crippen molar-refractivity contribution in [1.82, 2.24) is 0 Å². The van der Waals surface area contributed by atoms with Gasteiger partial charge in [-0.15, -0.1) is 0 Å². The van der Waals surface area contributed by atoms with Gasteiger partial charge in [-0.05, 0) is 59.1 Å². The van der Waals surface area contributed by atoms with E-state index in [1.54, 1.807) is 0 Å². The Balaban J connectivity index is 1.75. The lowest BCUT2D eigenvalue weighted by atomic mass is 10.2. The molecule has 1 N–H and O–H groups in total. The van der Waals surface area contributed by atoms with Crippen molar-refractivity contribution in [3.63, 3.8) is 0 Å². The third kappa shape index (κ3) is 4.43. The van der Waals surface area contributed by atoms with Crippen LogP contribution >= 0.6 is 27.5 Å². The second-order valence-electron chi connectivity index (χ2n) is 4.52. The second-order valence-corrected chi connectivity index (χ2v) is 5.78. The van der Waals surface area contributed by atoms with Crippen LogP contribution < -0.4 is 10.1 Å². The van der Waals surface area contributed by atoms with Crippen molar-refractivity contribution < 1.29 is 4.74 Å². The second kappa shape index (κ2) is 7.55. The van der Waals surface area contributed by atoms with Crippen molar-refractivity contribution in [3.05, 3.63) is 57.5 Å². The minimum atomic E-state index is 0.689. The highest BCUT2D eigenvalue weighted by molar-refractivity contribution is 9.10. The Kier molecular flexibility index (Phi) is 5.74. The number of aryl methyl sites for hydroxylation is 1. The molecule has 0 aliphatic heterocycles. The van der Waals surface area contributed by atoms with Gasteiger partial charge in [-0.25, -0.2) is 0 Å². The summed E-state index contributed by atoms with van der Waals surface area (Å²) in [5.74, 6) is 0.909. The number of hydrogen-bond donors (Lipinski definition) is 1. The number of benzene rings is 2. The molecule has 2 aromatic rings. The van der Waals surface area contributed by atoms with E-state index < -0.39 is 0 Å². The fraction of sp³-hybridized carbons (Fsp3) is 0.250. The van der Waals surface area contributed by atoms with Crippen LogP contribution in [0.25, 0.3) is 0 Å². The summed E-state index contributed by atoms with van der Waals surface area (Å²) in [6, 6.07) is 13.8. The van der Waals surface area contributed by atoms with E-state index in [1.165, 1.54) is 0 Å². The summed E-state index contributed by atoms with van der Waals surface area (Å²) in [4.78, 5) is 0. The zero-order valence-corrected chi connectivity index (χ0v) is 13.7. The number of halogens is 2.